The molecule has 0 spiro atoms. The van der Waals surface area contributed by atoms with Gasteiger partial charge in [0.1, 0.15) is 12.4 Å². The second-order valence-electron chi connectivity index (χ2n) is 4.38. The molecule has 0 saturated heterocycles. The molecule has 4 heteroatoms. The molecule has 2 rings (SSSR count). The molecule has 4 N–H and O–H groups in total. The first-order chi connectivity index (χ1) is 8.15. The van der Waals surface area contributed by atoms with Crippen LogP contribution in [-0.2, 0) is 20.0 Å². The summed E-state index contributed by atoms with van der Waals surface area (Å²) >= 11 is 0. The van der Waals surface area contributed by atoms with Crippen molar-refractivity contribution in [2.75, 3.05) is 11.5 Å². The molecule has 2 aromatic rings. The Labute approximate surface area is 101 Å². The van der Waals surface area contributed by atoms with Gasteiger partial charge in [0.15, 0.2) is 0 Å². The standard InChI is InChI=1S/C13H19N4/c1-16-7-8-17(10-16)6-2-3-11-4-5-12(14)9-13(11)15/h4-5,7-10H,2-3,6,14-15H2,1H3/q+1. The summed E-state index contributed by atoms with van der Waals surface area (Å²) in [6, 6.07) is 5.74. The van der Waals surface area contributed by atoms with Crippen LogP contribution in [0.3, 0.4) is 0 Å². The number of hydrogen-bond acceptors (Lipinski definition) is 2. The van der Waals surface area contributed by atoms with E-state index in [9.17, 15) is 0 Å². The largest absolute Gasteiger partial charge is 0.399 e. The summed E-state index contributed by atoms with van der Waals surface area (Å²) in [7, 11) is 2.02. The lowest BCUT2D eigenvalue weighted by Gasteiger charge is -2.05. The summed E-state index contributed by atoms with van der Waals surface area (Å²) < 4.78 is 4.21. The highest BCUT2D eigenvalue weighted by molar-refractivity contribution is 5.56. The van der Waals surface area contributed by atoms with Crippen LogP contribution in [0.4, 0.5) is 11.4 Å². The predicted molar refractivity (Wildman–Crippen MR) is 69.2 cm³/mol. The molecule has 0 fully saturated rings. The number of anilines is 2. The summed E-state index contributed by atoms with van der Waals surface area (Å²) in [5.74, 6) is 0. The lowest BCUT2D eigenvalue weighted by atomic mass is 10.1. The first-order valence-corrected chi connectivity index (χ1v) is 5.80. The van der Waals surface area contributed by atoms with E-state index in [-0.39, 0.29) is 0 Å². The van der Waals surface area contributed by atoms with Gasteiger partial charge in [0, 0.05) is 11.4 Å². The fourth-order valence-corrected chi connectivity index (χ4v) is 1.93. The van der Waals surface area contributed by atoms with E-state index >= 15 is 0 Å². The molecule has 0 atom stereocenters. The zero-order valence-corrected chi connectivity index (χ0v) is 10.1. The lowest BCUT2D eigenvalue weighted by molar-refractivity contribution is -0.671. The Bertz CT molecular complexity index is 502. The number of nitrogens with zero attached hydrogens (tertiary/aromatic N) is 2. The smallest absolute Gasteiger partial charge is 0.243 e. The van der Waals surface area contributed by atoms with E-state index in [0.29, 0.717) is 0 Å². The van der Waals surface area contributed by atoms with Crippen molar-refractivity contribution in [2.45, 2.75) is 19.4 Å². The molecule has 1 aromatic carbocycles. The molecule has 0 amide bonds. The van der Waals surface area contributed by atoms with Crippen molar-refractivity contribution in [2.24, 2.45) is 7.05 Å². The number of aryl methyl sites for hydroxylation is 3. The fraction of sp³-hybridized carbons (Fsp3) is 0.308. The average molecular weight is 231 g/mol. The number of nitrogens with two attached hydrogens (primary N) is 2. The summed E-state index contributed by atoms with van der Waals surface area (Å²) in [6.45, 7) is 1.00. The maximum absolute atomic E-state index is 5.91. The molecule has 90 valence electrons. The Morgan fingerprint density at radius 1 is 1.29 bits per heavy atom. The van der Waals surface area contributed by atoms with Gasteiger partial charge < -0.3 is 11.5 Å². The number of benzene rings is 1. The Balaban J connectivity index is 1.90. The number of hydrogen-bond donors (Lipinski definition) is 2. The minimum Gasteiger partial charge on any atom is -0.399 e. The number of rotatable bonds is 4. The van der Waals surface area contributed by atoms with E-state index in [1.54, 1.807) is 0 Å². The maximum Gasteiger partial charge on any atom is 0.243 e. The van der Waals surface area contributed by atoms with Crippen LogP contribution in [0.5, 0.6) is 0 Å². The molecular formula is C13H19N4+. The zero-order chi connectivity index (χ0) is 12.3. The van der Waals surface area contributed by atoms with Crippen LogP contribution in [0.25, 0.3) is 0 Å². The third-order valence-electron chi connectivity index (χ3n) is 2.86. The SMILES string of the molecule is C[n+]1ccn(CCCc2ccc(N)cc2N)c1. The quantitative estimate of drug-likeness (QED) is 0.611. The van der Waals surface area contributed by atoms with Crippen molar-refractivity contribution in [3.63, 3.8) is 0 Å². The van der Waals surface area contributed by atoms with E-state index in [4.69, 9.17) is 11.5 Å². The number of imidazole rings is 1. The van der Waals surface area contributed by atoms with Crippen LogP contribution >= 0.6 is 0 Å². The van der Waals surface area contributed by atoms with Crippen molar-refractivity contribution in [3.05, 3.63) is 42.5 Å². The maximum atomic E-state index is 5.91. The third kappa shape index (κ3) is 3.00. The fourth-order valence-electron chi connectivity index (χ4n) is 1.93. The van der Waals surface area contributed by atoms with Crippen molar-refractivity contribution >= 4 is 11.4 Å². The summed E-state index contributed by atoms with van der Waals surface area (Å²) in [6.07, 6.45) is 8.24. The van der Waals surface area contributed by atoms with Crippen molar-refractivity contribution in [1.82, 2.24) is 4.57 Å². The van der Waals surface area contributed by atoms with Crippen LogP contribution < -0.4 is 16.0 Å². The molecule has 1 heterocycles. The number of aromatic nitrogens is 2. The van der Waals surface area contributed by atoms with Gasteiger partial charge in [-0.1, -0.05) is 6.07 Å². The average Bonchev–Trinajstić information content (AvgIpc) is 2.68. The van der Waals surface area contributed by atoms with Gasteiger partial charge in [0.05, 0.1) is 13.6 Å². The van der Waals surface area contributed by atoms with Gasteiger partial charge in [0.2, 0.25) is 6.33 Å². The minimum atomic E-state index is 0.726. The van der Waals surface area contributed by atoms with Gasteiger partial charge in [-0.3, -0.25) is 0 Å². The van der Waals surface area contributed by atoms with Crippen molar-refractivity contribution < 1.29 is 4.57 Å². The minimum absolute atomic E-state index is 0.726. The van der Waals surface area contributed by atoms with E-state index in [1.165, 1.54) is 5.56 Å². The molecule has 0 aliphatic rings. The Kier molecular flexibility index (Phi) is 3.32. The normalized spacial score (nSPS) is 10.6. The van der Waals surface area contributed by atoms with E-state index in [1.807, 2.05) is 36.0 Å². The Morgan fingerprint density at radius 3 is 2.76 bits per heavy atom. The van der Waals surface area contributed by atoms with E-state index in [0.717, 1.165) is 30.8 Å². The van der Waals surface area contributed by atoms with Gasteiger partial charge in [-0.05, 0) is 30.5 Å². The molecule has 1 aromatic heterocycles. The molecule has 0 bridgehead atoms. The highest BCUT2D eigenvalue weighted by atomic mass is 15.1. The van der Waals surface area contributed by atoms with Crippen LogP contribution in [0.15, 0.2) is 36.9 Å². The molecule has 0 aliphatic carbocycles. The molecule has 0 aliphatic heterocycles. The van der Waals surface area contributed by atoms with Gasteiger partial charge in [-0.25, -0.2) is 9.13 Å². The van der Waals surface area contributed by atoms with Crippen LogP contribution in [0.1, 0.15) is 12.0 Å². The second kappa shape index (κ2) is 4.91. The monoisotopic (exact) mass is 231 g/mol. The van der Waals surface area contributed by atoms with E-state index in [2.05, 4.69) is 17.1 Å². The molecule has 0 saturated carbocycles. The third-order valence-corrected chi connectivity index (χ3v) is 2.86. The van der Waals surface area contributed by atoms with Crippen molar-refractivity contribution in [3.8, 4) is 0 Å². The van der Waals surface area contributed by atoms with Gasteiger partial charge in [-0.15, -0.1) is 0 Å². The lowest BCUT2D eigenvalue weighted by Crippen LogP contribution is -2.23. The molecule has 17 heavy (non-hydrogen) atoms. The zero-order valence-electron chi connectivity index (χ0n) is 10.1. The van der Waals surface area contributed by atoms with Gasteiger partial charge >= 0.3 is 0 Å². The van der Waals surface area contributed by atoms with Gasteiger partial charge in [-0.2, -0.15) is 0 Å². The Hall–Kier alpha value is -1.97. The van der Waals surface area contributed by atoms with Crippen LogP contribution in [0.2, 0.25) is 0 Å². The highest BCUT2D eigenvalue weighted by Crippen LogP contribution is 2.17. The van der Waals surface area contributed by atoms with Crippen LogP contribution in [0, 0.1) is 0 Å². The van der Waals surface area contributed by atoms with Crippen LogP contribution in [-0.4, -0.2) is 4.57 Å². The molecule has 0 radical (unpaired) electrons. The first kappa shape index (κ1) is 11.5. The summed E-state index contributed by atoms with van der Waals surface area (Å²) in [5.41, 5.74) is 14.3. The highest BCUT2D eigenvalue weighted by Gasteiger charge is 2.03. The molecular weight excluding hydrogens is 212 g/mol. The topological polar surface area (TPSA) is 60.8 Å². The number of nitrogen functional groups attached to an aromatic ring is 2. The van der Waals surface area contributed by atoms with E-state index < -0.39 is 0 Å². The molecule has 4 nitrogen and oxygen atoms in total. The summed E-state index contributed by atoms with van der Waals surface area (Å²) in [4.78, 5) is 0. The first-order valence-electron chi connectivity index (χ1n) is 5.80. The van der Waals surface area contributed by atoms with Crippen molar-refractivity contribution in [1.29, 1.82) is 0 Å². The Morgan fingerprint density at radius 2 is 2.12 bits per heavy atom. The predicted octanol–water partition coefficient (Wildman–Crippen LogP) is 1.11. The summed E-state index contributed by atoms with van der Waals surface area (Å²) in [5, 5.41) is 0. The molecule has 0 unspecified atom stereocenters. The second-order valence-corrected chi connectivity index (χ2v) is 4.38. The van der Waals surface area contributed by atoms with Gasteiger partial charge in [0.25, 0.3) is 0 Å².